The van der Waals surface area contributed by atoms with Crippen LogP contribution in [0, 0.1) is 0 Å². The zero-order valence-electron chi connectivity index (χ0n) is 8.29. The second kappa shape index (κ2) is 3.76. The number of ether oxygens (including phenoxy) is 1. The highest BCUT2D eigenvalue weighted by Crippen LogP contribution is 2.38. The highest BCUT2D eigenvalue weighted by atomic mass is 35.5. The Kier molecular flexibility index (Phi) is 2.77. The summed E-state index contributed by atoms with van der Waals surface area (Å²) in [5.41, 5.74) is -0.221. The number of hydrogen-bond acceptors (Lipinski definition) is 4. The minimum Gasteiger partial charge on any atom is -0.368 e. The molecule has 0 aliphatic carbocycles. The van der Waals surface area contributed by atoms with Gasteiger partial charge in [-0.05, 0) is 26.7 Å². The Labute approximate surface area is 92.4 Å². The zero-order valence-corrected chi connectivity index (χ0v) is 9.86. The van der Waals surface area contributed by atoms with Gasteiger partial charge in [-0.15, -0.1) is 21.8 Å². The lowest BCUT2D eigenvalue weighted by Gasteiger charge is -2.18. The fourth-order valence-corrected chi connectivity index (χ4v) is 2.63. The Hall–Kier alpha value is -0.190. The van der Waals surface area contributed by atoms with Crippen molar-refractivity contribution < 1.29 is 4.74 Å². The van der Waals surface area contributed by atoms with Crippen LogP contribution in [0.25, 0.3) is 0 Å². The Morgan fingerprint density at radius 1 is 1.57 bits per heavy atom. The van der Waals surface area contributed by atoms with Gasteiger partial charge in [0.1, 0.15) is 15.6 Å². The van der Waals surface area contributed by atoms with Crippen LogP contribution in [-0.2, 0) is 10.3 Å². The first-order chi connectivity index (χ1) is 6.62. The first-order valence-electron chi connectivity index (χ1n) is 4.74. The predicted molar refractivity (Wildman–Crippen MR) is 56.7 cm³/mol. The molecule has 1 saturated heterocycles. The van der Waals surface area contributed by atoms with Gasteiger partial charge < -0.3 is 4.74 Å². The fraction of sp³-hybridized carbons (Fsp3) is 0.778. The van der Waals surface area contributed by atoms with E-state index in [-0.39, 0.29) is 11.0 Å². The molecule has 0 radical (unpaired) electrons. The van der Waals surface area contributed by atoms with Gasteiger partial charge >= 0.3 is 0 Å². The van der Waals surface area contributed by atoms with Crippen molar-refractivity contribution in [1.29, 1.82) is 0 Å². The predicted octanol–water partition coefficient (Wildman–Crippen LogP) is 2.86. The van der Waals surface area contributed by atoms with E-state index in [9.17, 15) is 0 Å². The molecule has 2 heterocycles. The molecule has 2 rings (SSSR count). The van der Waals surface area contributed by atoms with Crippen molar-refractivity contribution in [2.24, 2.45) is 0 Å². The summed E-state index contributed by atoms with van der Waals surface area (Å²) in [5.74, 6) is 0. The van der Waals surface area contributed by atoms with Crippen LogP contribution in [0.2, 0.25) is 0 Å². The maximum absolute atomic E-state index is 5.94. The lowest BCUT2D eigenvalue weighted by atomic mass is 10.0. The van der Waals surface area contributed by atoms with Gasteiger partial charge in [-0.3, -0.25) is 0 Å². The number of rotatable bonds is 2. The quantitative estimate of drug-likeness (QED) is 0.736. The van der Waals surface area contributed by atoms with Gasteiger partial charge in [0.25, 0.3) is 0 Å². The smallest absolute Gasteiger partial charge is 0.149 e. The first kappa shape index (κ1) is 10.3. The molecule has 0 N–H and O–H groups in total. The van der Waals surface area contributed by atoms with Crippen LogP contribution in [0.15, 0.2) is 0 Å². The van der Waals surface area contributed by atoms with Gasteiger partial charge in [0.15, 0.2) is 0 Å². The van der Waals surface area contributed by atoms with Crippen molar-refractivity contribution in [2.75, 3.05) is 6.61 Å². The van der Waals surface area contributed by atoms with Gasteiger partial charge in [-0.1, -0.05) is 11.3 Å². The van der Waals surface area contributed by atoms with Crippen molar-refractivity contribution in [1.82, 2.24) is 10.2 Å². The number of aromatic nitrogens is 2. The second-order valence-electron chi connectivity index (χ2n) is 3.74. The molecule has 2 atom stereocenters. The van der Waals surface area contributed by atoms with Crippen LogP contribution in [0.3, 0.4) is 0 Å². The van der Waals surface area contributed by atoms with Gasteiger partial charge in [-0.2, -0.15) is 0 Å². The number of hydrogen-bond donors (Lipinski definition) is 0. The van der Waals surface area contributed by atoms with E-state index in [4.69, 9.17) is 16.3 Å². The van der Waals surface area contributed by atoms with Crippen LogP contribution < -0.4 is 0 Å². The summed E-state index contributed by atoms with van der Waals surface area (Å²) in [5, 5.41) is 9.98. The summed E-state index contributed by atoms with van der Waals surface area (Å²) >= 11 is 7.49. The molecule has 14 heavy (non-hydrogen) atoms. The molecule has 1 aliphatic rings. The molecule has 0 saturated carbocycles. The maximum atomic E-state index is 5.94. The van der Waals surface area contributed by atoms with E-state index in [0.717, 1.165) is 29.5 Å². The SMILES string of the molecule is CC(Cl)c1nnc(C2(C)CCCO2)s1. The van der Waals surface area contributed by atoms with Crippen molar-refractivity contribution in [3.8, 4) is 0 Å². The third kappa shape index (κ3) is 1.78. The number of nitrogens with zero attached hydrogens (tertiary/aromatic N) is 2. The van der Waals surface area contributed by atoms with E-state index in [2.05, 4.69) is 17.1 Å². The van der Waals surface area contributed by atoms with Crippen LogP contribution in [0.4, 0.5) is 0 Å². The summed E-state index contributed by atoms with van der Waals surface area (Å²) in [6.45, 7) is 4.80. The number of halogens is 1. The summed E-state index contributed by atoms with van der Waals surface area (Å²) < 4.78 is 5.68. The molecule has 3 nitrogen and oxygen atoms in total. The van der Waals surface area contributed by atoms with Crippen LogP contribution >= 0.6 is 22.9 Å². The molecular weight excluding hydrogens is 220 g/mol. The van der Waals surface area contributed by atoms with Crippen molar-refractivity contribution in [3.05, 3.63) is 10.0 Å². The summed E-state index contributed by atoms with van der Waals surface area (Å²) in [4.78, 5) is 0. The van der Waals surface area contributed by atoms with Crippen molar-refractivity contribution >= 4 is 22.9 Å². The molecule has 1 fully saturated rings. The highest BCUT2D eigenvalue weighted by Gasteiger charge is 2.35. The van der Waals surface area contributed by atoms with Crippen LogP contribution in [0.5, 0.6) is 0 Å². The third-order valence-corrected chi connectivity index (χ3v) is 4.14. The van der Waals surface area contributed by atoms with Crippen LogP contribution in [-0.4, -0.2) is 16.8 Å². The Morgan fingerprint density at radius 2 is 2.36 bits per heavy atom. The first-order valence-corrected chi connectivity index (χ1v) is 5.99. The van der Waals surface area contributed by atoms with Gasteiger partial charge in [-0.25, -0.2) is 0 Å². The molecule has 1 aromatic heterocycles. The third-order valence-electron chi connectivity index (χ3n) is 2.45. The van der Waals surface area contributed by atoms with Crippen molar-refractivity contribution in [3.63, 3.8) is 0 Å². The van der Waals surface area contributed by atoms with Crippen LogP contribution in [0.1, 0.15) is 42.1 Å². The minimum atomic E-state index is -0.221. The van der Waals surface area contributed by atoms with E-state index < -0.39 is 0 Å². The Morgan fingerprint density at radius 3 is 2.86 bits per heavy atom. The Bertz CT molecular complexity index is 320. The topological polar surface area (TPSA) is 35.0 Å². The number of alkyl halides is 1. The molecule has 0 amide bonds. The minimum absolute atomic E-state index is 0.0637. The normalized spacial score (nSPS) is 29.4. The standard InChI is InChI=1S/C9H13ClN2OS/c1-6(10)7-11-12-8(14-7)9(2)4-3-5-13-9/h6H,3-5H2,1-2H3. The maximum Gasteiger partial charge on any atom is 0.149 e. The molecule has 1 aromatic rings. The zero-order chi connectivity index (χ0) is 10.2. The second-order valence-corrected chi connectivity index (χ2v) is 5.41. The fourth-order valence-electron chi connectivity index (χ4n) is 1.56. The lowest BCUT2D eigenvalue weighted by Crippen LogP contribution is -2.19. The van der Waals surface area contributed by atoms with E-state index in [1.165, 1.54) is 0 Å². The average Bonchev–Trinajstić information content (AvgIpc) is 2.71. The van der Waals surface area contributed by atoms with Crippen molar-refractivity contribution in [2.45, 2.75) is 37.7 Å². The molecule has 78 valence electrons. The Balaban J connectivity index is 2.23. The lowest BCUT2D eigenvalue weighted by molar-refractivity contribution is 0.0161. The molecule has 1 aliphatic heterocycles. The molecule has 0 aromatic carbocycles. The summed E-state index contributed by atoms with van der Waals surface area (Å²) in [6.07, 6.45) is 2.13. The molecule has 5 heteroatoms. The summed E-state index contributed by atoms with van der Waals surface area (Å²) in [6, 6.07) is 0. The van der Waals surface area contributed by atoms with E-state index >= 15 is 0 Å². The molecule has 2 unspecified atom stereocenters. The molecular formula is C9H13ClN2OS. The van der Waals surface area contributed by atoms with E-state index in [0.29, 0.717) is 0 Å². The van der Waals surface area contributed by atoms with E-state index in [1.54, 1.807) is 11.3 Å². The monoisotopic (exact) mass is 232 g/mol. The largest absolute Gasteiger partial charge is 0.368 e. The van der Waals surface area contributed by atoms with Gasteiger partial charge in [0, 0.05) is 6.61 Å². The molecule has 0 bridgehead atoms. The summed E-state index contributed by atoms with van der Waals surface area (Å²) in [7, 11) is 0. The molecule has 0 spiro atoms. The van der Waals surface area contributed by atoms with Gasteiger partial charge in [0.2, 0.25) is 0 Å². The van der Waals surface area contributed by atoms with Gasteiger partial charge in [0.05, 0.1) is 5.38 Å². The highest BCUT2D eigenvalue weighted by molar-refractivity contribution is 7.11. The average molecular weight is 233 g/mol. The van der Waals surface area contributed by atoms with E-state index in [1.807, 2.05) is 6.92 Å².